The van der Waals surface area contributed by atoms with Crippen molar-refractivity contribution < 1.29 is 28.6 Å². The maximum absolute atomic E-state index is 11.9. The molecule has 0 spiro atoms. The molecule has 0 aromatic rings. The van der Waals surface area contributed by atoms with Gasteiger partial charge in [-0.25, -0.2) is 4.79 Å². The fourth-order valence-electron chi connectivity index (χ4n) is 2.86. The normalized spacial score (nSPS) is 30.6. The van der Waals surface area contributed by atoms with E-state index in [4.69, 9.17) is 14.2 Å². The Morgan fingerprint density at radius 1 is 1.32 bits per heavy atom. The van der Waals surface area contributed by atoms with E-state index in [1.54, 1.807) is 13.8 Å². The van der Waals surface area contributed by atoms with Crippen molar-refractivity contribution in [1.82, 2.24) is 0 Å². The Kier molecular flexibility index (Phi) is 4.78. The minimum Gasteiger partial charge on any atom is -0.458 e. The van der Waals surface area contributed by atoms with Gasteiger partial charge in [-0.15, -0.1) is 0 Å². The molecule has 2 rings (SSSR count). The van der Waals surface area contributed by atoms with Crippen LogP contribution in [-0.2, 0) is 28.6 Å². The molecule has 1 heterocycles. The molecule has 0 N–H and O–H groups in total. The molecule has 1 aliphatic carbocycles. The van der Waals surface area contributed by atoms with E-state index in [1.165, 1.54) is 0 Å². The highest BCUT2D eigenvalue weighted by atomic mass is 16.6. The van der Waals surface area contributed by atoms with Crippen molar-refractivity contribution in [2.75, 3.05) is 6.61 Å². The van der Waals surface area contributed by atoms with E-state index in [2.05, 4.69) is 0 Å². The van der Waals surface area contributed by atoms with E-state index >= 15 is 0 Å². The maximum Gasteiger partial charge on any atom is 0.344 e. The summed E-state index contributed by atoms with van der Waals surface area (Å²) in [4.78, 5) is 35.3. The predicted molar refractivity (Wildman–Crippen MR) is 76.7 cm³/mol. The second-order valence-electron chi connectivity index (χ2n) is 6.89. The molecule has 2 aliphatic rings. The smallest absolute Gasteiger partial charge is 0.344 e. The molecule has 0 radical (unpaired) electrons. The second kappa shape index (κ2) is 6.26. The maximum atomic E-state index is 11.9. The van der Waals surface area contributed by atoms with Crippen LogP contribution in [0.5, 0.6) is 0 Å². The van der Waals surface area contributed by atoms with Gasteiger partial charge in [-0.3, -0.25) is 9.59 Å². The van der Waals surface area contributed by atoms with Crippen LogP contribution < -0.4 is 0 Å². The summed E-state index contributed by atoms with van der Waals surface area (Å²) < 4.78 is 15.6. The fourth-order valence-corrected chi connectivity index (χ4v) is 2.86. The highest BCUT2D eigenvalue weighted by Crippen LogP contribution is 2.39. The number of hydrogen-bond donors (Lipinski definition) is 0. The SMILES string of the molecule is CCC(C)(C)C(=O)OCC(=O)OC1C(C)CC2CC1OC2=O. The van der Waals surface area contributed by atoms with Crippen molar-refractivity contribution in [3.8, 4) is 0 Å². The summed E-state index contributed by atoms with van der Waals surface area (Å²) >= 11 is 0. The van der Waals surface area contributed by atoms with Crippen molar-refractivity contribution in [3.05, 3.63) is 0 Å². The molecule has 1 saturated carbocycles. The Labute approximate surface area is 130 Å². The van der Waals surface area contributed by atoms with E-state index in [9.17, 15) is 14.4 Å². The van der Waals surface area contributed by atoms with Gasteiger partial charge in [-0.1, -0.05) is 13.8 Å². The molecule has 0 amide bonds. The third-order valence-corrected chi connectivity index (χ3v) is 4.73. The minimum absolute atomic E-state index is 0.0573. The van der Waals surface area contributed by atoms with Crippen LogP contribution in [-0.4, -0.2) is 36.7 Å². The van der Waals surface area contributed by atoms with Gasteiger partial charge in [0.25, 0.3) is 0 Å². The summed E-state index contributed by atoms with van der Waals surface area (Å²) in [6.07, 6.45) is 1.07. The Hall–Kier alpha value is -1.59. The zero-order valence-corrected chi connectivity index (χ0v) is 13.6. The Balaban J connectivity index is 1.85. The summed E-state index contributed by atoms with van der Waals surface area (Å²) in [5.41, 5.74) is -0.618. The van der Waals surface area contributed by atoms with Gasteiger partial charge in [0.1, 0.15) is 12.2 Å². The quantitative estimate of drug-likeness (QED) is 0.569. The molecule has 2 bridgehead atoms. The van der Waals surface area contributed by atoms with E-state index in [0.717, 1.165) is 0 Å². The molecule has 1 aliphatic heterocycles. The van der Waals surface area contributed by atoms with Gasteiger partial charge in [-0.05, 0) is 32.6 Å². The molecule has 4 atom stereocenters. The second-order valence-corrected chi connectivity index (χ2v) is 6.89. The van der Waals surface area contributed by atoms with Gasteiger partial charge >= 0.3 is 17.9 Å². The van der Waals surface area contributed by atoms with Crippen LogP contribution in [0.25, 0.3) is 0 Å². The van der Waals surface area contributed by atoms with Gasteiger partial charge in [0.05, 0.1) is 11.3 Å². The summed E-state index contributed by atoms with van der Waals surface area (Å²) in [6, 6.07) is 0. The van der Waals surface area contributed by atoms with Crippen molar-refractivity contribution in [2.24, 2.45) is 17.3 Å². The van der Waals surface area contributed by atoms with Gasteiger partial charge in [-0.2, -0.15) is 0 Å². The zero-order chi connectivity index (χ0) is 16.5. The predicted octanol–water partition coefficient (Wildman–Crippen LogP) is 1.85. The molecule has 6 nitrogen and oxygen atoms in total. The fraction of sp³-hybridized carbons (Fsp3) is 0.812. The van der Waals surface area contributed by atoms with Crippen molar-refractivity contribution in [3.63, 3.8) is 0 Å². The van der Waals surface area contributed by atoms with Crippen molar-refractivity contribution >= 4 is 17.9 Å². The standard InChI is InChI=1S/C16H24O6/c1-5-16(3,4)15(19)20-8-12(17)22-13-9(2)6-10-7-11(13)21-14(10)18/h9-11,13H,5-8H2,1-4H3. The first kappa shape index (κ1) is 16.8. The first-order valence-corrected chi connectivity index (χ1v) is 7.81. The van der Waals surface area contributed by atoms with Crippen LogP contribution in [0.3, 0.4) is 0 Å². The van der Waals surface area contributed by atoms with E-state index in [-0.39, 0.29) is 23.9 Å². The summed E-state index contributed by atoms with van der Waals surface area (Å²) in [5.74, 6) is -1.24. The van der Waals surface area contributed by atoms with Crippen LogP contribution >= 0.6 is 0 Å². The average Bonchev–Trinajstić information content (AvgIpc) is 2.77. The molecule has 4 unspecified atom stereocenters. The molecule has 2 fully saturated rings. The molecule has 124 valence electrons. The van der Waals surface area contributed by atoms with Crippen molar-refractivity contribution in [1.29, 1.82) is 0 Å². The minimum atomic E-state index is -0.618. The topological polar surface area (TPSA) is 78.9 Å². The molecule has 22 heavy (non-hydrogen) atoms. The summed E-state index contributed by atoms with van der Waals surface area (Å²) in [5, 5.41) is 0. The zero-order valence-electron chi connectivity index (χ0n) is 13.6. The van der Waals surface area contributed by atoms with Crippen LogP contribution in [0.2, 0.25) is 0 Å². The van der Waals surface area contributed by atoms with Gasteiger partial charge in [0.15, 0.2) is 6.61 Å². The monoisotopic (exact) mass is 312 g/mol. The lowest BCUT2D eigenvalue weighted by Gasteiger charge is -2.31. The van der Waals surface area contributed by atoms with E-state index in [1.807, 2.05) is 13.8 Å². The molecule has 0 aromatic carbocycles. The van der Waals surface area contributed by atoms with Crippen LogP contribution in [0, 0.1) is 17.3 Å². The number of esters is 3. The highest BCUT2D eigenvalue weighted by molar-refractivity contribution is 5.80. The Morgan fingerprint density at radius 2 is 2.00 bits per heavy atom. The lowest BCUT2D eigenvalue weighted by molar-refractivity contribution is -0.174. The summed E-state index contributed by atoms with van der Waals surface area (Å²) in [7, 11) is 0. The number of hydrogen-bond acceptors (Lipinski definition) is 6. The molecule has 1 saturated heterocycles. The first-order valence-electron chi connectivity index (χ1n) is 7.81. The number of carbonyl (C=O) groups excluding carboxylic acids is 3. The molecular weight excluding hydrogens is 288 g/mol. The van der Waals surface area contributed by atoms with Gasteiger partial charge in [0.2, 0.25) is 0 Å². The molecule has 6 heteroatoms. The third-order valence-electron chi connectivity index (χ3n) is 4.73. The average molecular weight is 312 g/mol. The van der Waals surface area contributed by atoms with Crippen LogP contribution in [0.1, 0.15) is 47.0 Å². The van der Waals surface area contributed by atoms with Gasteiger partial charge in [0, 0.05) is 6.42 Å². The van der Waals surface area contributed by atoms with Crippen LogP contribution in [0.4, 0.5) is 0 Å². The number of carbonyl (C=O) groups is 3. The number of fused-ring (bicyclic) bond motifs is 2. The highest BCUT2D eigenvalue weighted by Gasteiger charge is 2.48. The van der Waals surface area contributed by atoms with Crippen molar-refractivity contribution in [2.45, 2.75) is 59.2 Å². The molecule has 0 aromatic heterocycles. The Bertz CT molecular complexity index is 469. The summed E-state index contributed by atoms with van der Waals surface area (Å²) in [6.45, 7) is 6.94. The van der Waals surface area contributed by atoms with Crippen LogP contribution in [0.15, 0.2) is 0 Å². The first-order chi connectivity index (χ1) is 10.2. The molecular formula is C16H24O6. The lowest BCUT2D eigenvalue weighted by Crippen LogP contribution is -2.40. The van der Waals surface area contributed by atoms with Gasteiger partial charge < -0.3 is 14.2 Å². The van der Waals surface area contributed by atoms with E-state index in [0.29, 0.717) is 19.3 Å². The number of ether oxygens (including phenoxy) is 3. The van der Waals surface area contributed by atoms with E-state index < -0.39 is 30.1 Å². The number of rotatable bonds is 5. The third kappa shape index (κ3) is 3.42. The Morgan fingerprint density at radius 3 is 2.64 bits per heavy atom. The largest absolute Gasteiger partial charge is 0.458 e. The lowest BCUT2D eigenvalue weighted by atomic mass is 9.81.